The molecule has 138 valence electrons. The minimum atomic E-state index is 0.594. The molecule has 4 aromatic rings. The van der Waals surface area contributed by atoms with Gasteiger partial charge in [0.15, 0.2) is 11.5 Å². The van der Waals surface area contributed by atoms with Crippen LogP contribution < -0.4 is 14.8 Å². The average Bonchev–Trinajstić information content (AvgIpc) is 3.36. The highest BCUT2D eigenvalue weighted by Gasteiger charge is 2.13. The molecule has 4 rings (SSSR count). The fraction of sp³-hybridized carbons (Fsp3) is 0.211. The van der Waals surface area contributed by atoms with Gasteiger partial charge in [-0.1, -0.05) is 6.07 Å². The van der Waals surface area contributed by atoms with E-state index in [4.69, 9.17) is 14.5 Å². The second-order valence-corrected chi connectivity index (χ2v) is 6.84. The van der Waals surface area contributed by atoms with Crippen LogP contribution in [0, 0.1) is 6.92 Å². The molecule has 0 radical (unpaired) electrons. The largest absolute Gasteiger partial charge is 0.493 e. The molecule has 1 aromatic carbocycles. The number of nitrogens with one attached hydrogen (secondary N) is 1. The van der Waals surface area contributed by atoms with Crippen LogP contribution in [0.4, 0.5) is 5.82 Å². The molecule has 27 heavy (non-hydrogen) atoms. The molecule has 0 bridgehead atoms. The van der Waals surface area contributed by atoms with E-state index in [1.165, 1.54) is 0 Å². The molecule has 0 saturated carbocycles. The van der Waals surface area contributed by atoms with Crippen molar-refractivity contribution in [3.8, 4) is 17.4 Å². The monoisotopic (exact) mass is 381 g/mol. The highest BCUT2D eigenvalue weighted by atomic mass is 32.1. The fourth-order valence-corrected chi connectivity index (χ4v) is 3.79. The van der Waals surface area contributed by atoms with Gasteiger partial charge in [-0.25, -0.2) is 9.97 Å². The van der Waals surface area contributed by atoms with Gasteiger partial charge in [-0.05, 0) is 35.6 Å². The SMILES string of the molecule is COc1ccc(CNc2nc(-n3ccnc3)nc3scc(C)c23)cc1OC. The van der Waals surface area contributed by atoms with Gasteiger partial charge in [-0.3, -0.25) is 4.57 Å². The number of methoxy groups -OCH3 is 2. The Bertz CT molecular complexity index is 1080. The number of hydrogen-bond donors (Lipinski definition) is 1. The molecule has 0 aliphatic heterocycles. The Morgan fingerprint density at radius 2 is 2.00 bits per heavy atom. The molecular formula is C19H19N5O2S. The summed E-state index contributed by atoms with van der Waals surface area (Å²) >= 11 is 1.61. The van der Waals surface area contributed by atoms with E-state index in [9.17, 15) is 0 Å². The van der Waals surface area contributed by atoms with Crippen molar-refractivity contribution < 1.29 is 9.47 Å². The molecular weight excluding hydrogens is 362 g/mol. The van der Waals surface area contributed by atoms with Crippen molar-refractivity contribution in [2.45, 2.75) is 13.5 Å². The van der Waals surface area contributed by atoms with Gasteiger partial charge < -0.3 is 14.8 Å². The first-order valence-corrected chi connectivity index (χ1v) is 9.26. The summed E-state index contributed by atoms with van der Waals surface area (Å²) in [6.45, 7) is 2.67. The lowest BCUT2D eigenvalue weighted by Crippen LogP contribution is -2.06. The zero-order valence-electron chi connectivity index (χ0n) is 15.3. The summed E-state index contributed by atoms with van der Waals surface area (Å²) in [4.78, 5) is 14.4. The number of aryl methyl sites for hydroxylation is 1. The lowest BCUT2D eigenvalue weighted by atomic mass is 10.2. The van der Waals surface area contributed by atoms with E-state index in [1.54, 1.807) is 42.6 Å². The summed E-state index contributed by atoms with van der Waals surface area (Å²) in [5.41, 5.74) is 2.22. The molecule has 0 atom stereocenters. The van der Waals surface area contributed by atoms with Gasteiger partial charge in [-0.15, -0.1) is 11.3 Å². The van der Waals surface area contributed by atoms with Crippen LogP contribution in [0.25, 0.3) is 16.2 Å². The van der Waals surface area contributed by atoms with Crippen molar-refractivity contribution in [3.63, 3.8) is 0 Å². The molecule has 0 saturated heterocycles. The number of rotatable bonds is 6. The highest BCUT2D eigenvalue weighted by molar-refractivity contribution is 7.17. The Hall–Kier alpha value is -3.13. The summed E-state index contributed by atoms with van der Waals surface area (Å²) < 4.78 is 12.5. The quantitative estimate of drug-likeness (QED) is 0.547. The molecule has 8 heteroatoms. The van der Waals surface area contributed by atoms with Crippen LogP contribution in [0.1, 0.15) is 11.1 Å². The van der Waals surface area contributed by atoms with Gasteiger partial charge in [0.2, 0.25) is 5.95 Å². The Balaban J connectivity index is 1.68. The van der Waals surface area contributed by atoms with E-state index in [2.05, 4.69) is 27.6 Å². The van der Waals surface area contributed by atoms with Crippen molar-refractivity contribution in [1.29, 1.82) is 0 Å². The zero-order valence-corrected chi connectivity index (χ0v) is 16.1. The maximum absolute atomic E-state index is 5.39. The summed E-state index contributed by atoms with van der Waals surface area (Å²) in [6, 6.07) is 5.86. The van der Waals surface area contributed by atoms with E-state index < -0.39 is 0 Å². The van der Waals surface area contributed by atoms with Crippen LogP contribution in [-0.2, 0) is 6.54 Å². The third-order valence-electron chi connectivity index (χ3n) is 4.25. The number of hydrogen-bond acceptors (Lipinski definition) is 7. The van der Waals surface area contributed by atoms with Crippen LogP contribution in [0.5, 0.6) is 11.5 Å². The van der Waals surface area contributed by atoms with Crippen LogP contribution in [-0.4, -0.2) is 33.7 Å². The first kappa shape index (κ1) is 17.3. The number of aromatic nitrogens is 4. The van der Waals surface area contributed by atoms with Crippen LogP contribution >= 0.6 is 11.3 Å². The first-order valence-electron chi connectivity index (χ1n) is 8.38. The van der Waals surface area contributed by atoms with Gasteiger partial charge in [0.05, 0.1) is 19.6 Å². The van der Waals surface area contributed by atoms with Gasteiger partial charge in [0.1, 0.15) is 17.0 Å². The molecule has 0 aliphatic carbocycles. The molecule has 0 aliphatic rings. The van der Waals surface area contributed by atoms with Gasteiger partial charge in [0.25, 0.3) is 0 Å². The predicted octanol–water partition coefficient (Wildman–Crippen LogP) is 3.81. The molecule has 3 heterocycles. The van der Waals surface area contributed by atoms with Crippen molar-refractivity contribution >= 4 is 27.4 Å². The van der Waals surface area contributed by atoms with Gasteiger partial charge in [-0.2, -0.15) is 4.98 Å². The Morgan fingerprint density at radius 1 is 1.15 bits per heavy atom. The predicted molar refractivity (Wildman–Crippen MR) is 106 cm³/mol. The van der Waals surface area contributed by atoms with Crippen molar-refractivity contribution in [3.05, 3.63) is 53.4 Å². The van der Waals surface area contributed by atoms with E-state index in [-0.39, 0.29) is 0 Å². The molecule has 0 spiro atoms. The normalized spacial score (nSPS) is 10.9. The third kappa shape index (κ3) is 3.31. The van der Waals surface area contributed by atoms with Gasteiger partial charge in [0, 0.05) is 18.9 Å². The zero-order chi connectivity index (χ0) is 18.8. The van der Waals surface area contributed by atoms with E-state index in [0.717, 1.165) is 27.2 Å². The maximum atomic E-state index is 5.39. The number of ether oxygens (including phenoxy) is 2. The number of imidazole rings is 1. The Morgan fingerprint density at radius 3 is 2.74 bits per heavy atom. The minimum Gasteiger partial charge on any atom is -0.493 e. The lowest BCUT2D eigenvalue weighted by Gasteiger charge is -2.12. The van der Waals surface area contributed by atoms with E-state index >= 15 is 0 Å². The Kier molecular flexibility index (Phi) is 4.64. The minimum absolute atomic E-state index is 0.594. The average molecular weight is 381 g/mol. The van der Waals surface area contributed by atoms with Crippen molar-refractivity contribution in [2.75, 3.05) is 19.5 Å². The number of nitrogens with zero attached hydrogens (tertiary/aromatic N) is 4. The van der Waals surface area contributed by atoms with E-state index in [0.29, 0.717) is 24.0 Å². The number of anilines is 1. The fourth-order valence-electron chi connectivity index (χ4n) is 2.87. The second kappa shape index (κ2) is 7.24. The third-order valence-corrected chi connectivity index (χ3v) is 5.24. The number of thiophene rings is 1. The summed E-state index contributed by atoms with van der Waals surface area (Å²) in [5, 5.41) is 6.59. The van der Waals surface area contributed by atoms with Crippen LogP contribution in [0.2, 0.25) is 0 Å². The summed E-state index contributed by atoms with van der Waals surface area (Å²) in [5.74, 6) is 2.81. The topological polar surface area (TPSA) is 74.1 Å². The smallest absolute Gasteiger partial charge is 0.238 e. The van der Waals surface area contributed by atoms with Crippen molar-refractivity contribution in [1.82, 2.24) is 19.5 Å². The molecule has 0 unspecified atom stereocenters. The lowest BCUT2D eigenvalue weighted by molar-refractivity contribution is 0.354. The van der Waals surface area contributed by atoms with Gasteiger partial charge >= 0.3 is 0 Å². The van der Waals surface area contributed by atoms with Crippen LogP contribution in [0.15, 0.2) is 42.3 Å². The maximum Gasteiger partial charge on any atom is 0.238 e. The Labute approximate surface area is 160 Å². The first-order chi connectivity index (χ1) is 13.2. The highest BCUT2D eigenvalue weighted by Crippen LogP contribution is 2.31. The molecule has 7 nitrogen and oxygen atoms in total. The molecule has 0 fully saturated rings. The van der Waals surface area contributed by atoms with Crippen LogP contribution in [0.3, 0.4) is 0 Å². The number of fused-ring (bicyclic) bond motifs is 1. The molecule has 1 N–H and O–H groups in total. The number of benzene rings is 1. The molecule has 0 amide bonds. The van der Waals surface area contributed by atoms with Crippen molar-refractivity contribution in [2.24, 2.45) is 0 Å². The summed E-state index contributed by atoms with van der Waals surface area (Å²) in [6.07, 6.45) is 5.24. The van der Waals surface area contributed by atoms with E-state index in [1.807, 2.05) is 24.4 Å². The molecule has 3 aromatic heterocycles. The summed E-state index contributed by atoms with van der Waals surface area (Å²) in [7, 11) is 3.26. The second-order valence-electron chi connectivity index (χ2n) is 5.98. The standard InChI is InChI=1S/C19H19N5O2S/c1-12-10-27-18-16(12)17(22-19(23-18)24-7-6-20-11-24)21-9-13-4-5-14(25-2)15(8-13)26-3/h4-8,10-11H,9H2,1-3H3,(H,21,22,23).